The van der Waals surface area contributed by atoms with Crippen LogP contribution in [-0.4, -0.2) is 22.2 Å². The lowest BCUT2D eigenvalue weighted by atomic mass is 9.91. The normalized spacial score (nSPS) is 12.5. The highest BCUT2D eigenvalue weighted by molar-refractivity contribution is 5.93. The second kappa shape index (κ2) is 4.64. The van der Waals surface area contributed by atoms with Crippen molar-refractivity contribution in [3.05, 3.63) is 12.2 Å². The largest absolute Gasteiger partial charge is 0.481 e. The van der Waals surface area contributed by atoms with Gasteiger partial charge in [-0.05, 0) is 12.3 Å². The van der Waals surface area contributed by atoms with Crippen LogP contribution < -0.4 is 0 Å². The molecule has 0 radical (unpaired) electrons. The maximum Gasteiger partial charge on any atom is 0.331 e. The zero-order valence-electron chi connectivity index (χ0n) is 7.78. The van der Waals surface area contributed by atoms with Crippen LogP contribution in [0.3, 0.4) is 0 Å². The Morgan fingerprint density at radius 2 is 1.77 bits per heavy atom. The first-order valence-electron chi connectivity index (χ1n) is 4.01. The van der Waals surface area contributed by atoms with Crippen LogP contribution in [0.2, 0.25) is 0 Å². The van der Waals surface area contributed by atoms with Gasteiger partial charge in [-0.3, -0.25) is 4.79 Å². The topological polar surface area (TPSA) is 74.6 Å². The van der Waals surface area contributed by atoms with Gasteiger partial charge in [-0.1, -0.05) is 20.4 Å². The predicted molar refractivity (Wildman–Crippen MR) is 47.4 cm³/mol. The van der Waals surface area contributed by atoms with Crippen molar-refractivity contribution in [3.63, 3.8) is 0 Å². The Morgan fingerprint density at radius 1 is 1.31 bits per heavy atom. The highest BCUT2D eigenvalue weighted by atomic mass is 16.4. The van der Waals surface area contributed by atoms with Crippen molar-refractivity contribution in [3.8, 4) is 0 Å². The van der Waals surface area contributed by atoms with E-state index < -0.39 is 17.9 Å². The van der Waals surface area contributed by atoms with Crippen LogP contribution in [-0.2, 0) is 9.59 Å². The first kappa shape index (κ1) is 11.7. The monoisotopic (exact) mass is 186 g/mol. The molecule has 0 heterocycles. The molecule has 0 aliphatic rings. The van der Waals surface area contributed by atoms with Gasteiger partial charge < -0.3 is 10.2 Å². The van der Waals surface area contributed by atoms with Crippen molar-refractivity contribution >= 4 is 11.9 Å². The fourth-order valence-electron chi connectivity index (χ4n) is 1.01. The lowest BCUT2D eigenvalue weighted by Gasteiger charge is -2.13. The van der Waals surface area contributed by atoms with E-state index in [-0.39, 0.29) is 11.5 Å². The Labute approximate surface area is 76.9 Å². The smallest absolute Gasteiger partial charge is 0.331 e. The van der Waals surface area contributed by atoms with Crippen molar-refractivity contribution < 1.29 is 19.8 Å². The molecule has 0 saturated carbocycles. The van der Waals surface area contributed by atoms with E-state index in [1.807, 2.05) is 13.8 Å². The third-order valence-corrected chi connectivity index (χ3v) is 1.70. The Hall–Kier alpha value is -1.32. The summed E-state index contributed by atoms with van der Waals surface area (Å²) in [4.78, 5) is 21.1. The number of carboxylic acid groups (broad SMARTS) is 2. The summed E-state index contributed by atoms with van der Waals surface area (Å²) in [5, 5.41) is 17.3. The molecular formula is C9H14O4. The van der Waals surface area contributed by atoms with Gasteiger partial charge >= 0.3 is 11.9 Å². The van der Waals surface area contributed by atoms with E-state index in [1.54, 1.807) is 0 Å². The molecular weight excluding hydrogens is 172 g/mol. The number of rotatable bonds is 5. The average molecular weight is 186 g/mol. The fourth-order valence-corrected chi connectivity index (χ4v) is 1.01. The molecule has 0 aromatic carbocycles. The third-order valence-electron chi connectivity index (χ3n) is 1.70. The fraction of sp³-hybridized carbons (Fsp3) is 0.556. The molecule has 1 atom stereocenters. The van der Waals surface area contributed by atoms with Gasteiger partial charge in [0.05, 0.1) is 5.92 Å². The summed E-state index contributed by atoms with van der Waals surface area (Å²) in [6.45, 7) is 6.93. The SMILES string of the molecule is C=C(C(=O)O)[C@@H](CC(C)C)C(=O)O. The molecule has 0 rings (SSSR count). The van der Waals surface area contributed by atoms with Gasteiger partial charge in [0.25, 0.3) is 0 Å². The molecule has 13 heavy (non-hydrogen) atoms. The Kier molecular flexibility index (Phi) is 4.17. The standard InChI is InChI=1S/C9H14O4/c1-5(2)4-7(9(12)13)6(3)8(10)11/h5,7H,3-4H2,1-2H3,(H,10,11)(H,12,13)/t7-/m1/s1. The Morgan fingerprint density at radius 3 is 2.00 bits per heavy atom. The molecule has 0 aliphatic heterocycles. The van der Waals surface area contributed by atoms with Crippen LogP contribution in [0.15, 0.2) is 12.2 Å². The summed E-state index contributed by atoms with van der Waals surface area (Å²) < 4.78 is 0. The predicted octanol–water partition coefficient (Wildman–Crippen LogP) is 1.37. The summed E-state index contributed by atoms with van der Waals surface area (Å²) in [7, 11) is 0. The molecule has 0 spiro atoms. The minimum Gasteiger partial charge on any atom is -0.481 e. The molecule has 0 bridgehead atoms. The molecule has 0 aliphatic carbocycles. The van der Waals surface area contributed by atoms with Gasteiger partial charge in [-0.2, -0.15) is 0 Å². The first-order chi connectivity index (χ1) is 5.86. The van der Waals surface area contributed by atoms with Crippen LogP contribution in [0, 0.1) is 11.8 Å². The lowest BCUT2D eigenvalue weighted by molar-refractivity contribution is -0.144. The van der Waals surface area contributed by atoms with Crippen molar-refractivity contribution in [2.45, 2.75) is 20.3 Å². The first-order valence-corrected chi connectivity index (χ1v) is 4.01. The molecule has 0 saturated heterocycles. The van der Waals surface area contributed by atoms with Crippen molar-refractivity contribution in [1.82, 2.24) is 0 Å². The maximum atomic E-state index is 10.7. The Balaban J connectivity index is 4.52. The number of aliphatic carboxylic acids is 2. The van der Waals surface area contributed by atoms with E-state index in [9.17, 15) is 9.59 Å². The Bertz CT molecular complexity index is 230. The minimum absolute atomic E-state index is 0.136. The van der Waals surface area contributed by atoms with Crippen molar-refractivity contribution in [2.24, 2.45) is 11.8 Å². The quantitative estimate of drug-likeness (QED) is 0.636. The van der Waals surface area contributed by atoms with Gasteiger partial charge in [-0.15, -0.1) is 0 Å². The molecule has 4 nitrogen and oxygen atoms in total. The molecule has 0 unspecified atom stereocenters. The minimum atomic E-state index is -1.24. The van der Waals surface area contributed by atoms with E-state index >= 15 is 0 Å². The molecule has 74 valence electrons. The molecule has 2 N–H and O–H groups in total. The second-order valence-corrected chi connectivity index (χ2v) is 3.35. The summed E-state index contributed by atoms with van der Waals surface area (Å²) in [5.74, 6) is -3.20. The number of hydrogen-bond acceptors (Lipinski definition) is 2. The zero-order chi connectivity index (χ0) is 10.6. The van der Waals surface area contributed by atoms with E-state index in [0.29, 0.717) is 6.42 Å². The maximum absolute atomic E-state index is 10.7. The number of hydrogen-bond donors (Lipinski definition) is 2. The highest BCUT2D eigenvalue weighted by Crippen LogP contribution is 2.19. The molecule has 4 heteroatoms. The molecule has 0 amide bonds. The lowest BCUT2D eigenvalue weighted by Crippen LogP contribution is -2.22. The van der Waals surface area contributed by atoms with Gasteiger partial charge in [0, 0.05) is 5.57 Å². The van der Waals surface area contributed by atoms with Gasteiger partial charge in [0.2, 0.25) is 0 Å². The summed E-state index contributed by atoms with van der Waals surface area (Å²) in [6.07, 6.45) is 0.306. The number of carboxylic acids is 2. The molecule has 0 fully saturated rings. The van der Waals surface area contributed by atoms with Crippen LogP contribution in [0.5, 0.6) is 0 Å². The van der Waals surface area contributed by atoms with Crippen LogP contribution in [0.25, 0.3) is 0 Å². The van der Waals surface area contributed by atoms with Gasteiger partial charge in [0.15, 0.2) is 0 Å². The van der Waals surface area contributed by atoms with E-state index in [4.69, 9.17) is 10.2 Å². The third kappa shape index (κ3) is 3.73. The van der Waals surface area contributed by atoms with Crippen LogP contribution in [0.1, 0.15) is 20.3 Å². The second-order valence-electron chi connectivity index (χ2n) is 3.35. The van der Waals surface area contributed by atoms with Crippen molar-refractivity contribution in [2.75, 3.05) is 0 Å². The van der Waals surface area contributed by atoms with Gasteiger partial charge in [-0.25, -0.2) is 4.79 Å². The van der Waals surface area contributed by atoms with E-state index in [2.05, 4.69) is 6.58 Å². The van der Waals surface area contributed by atoms with Gasteiger partial charge in [0.1, 0.15) is 0 Å². The number of carbonyl (C=O) groups is 2. The summed E-state index contributed by atoms with van der Waals surface area (Å²) in [5.41, 5.74) is -0.249. The van der Waals surface area contributed by atoms with Crippen LogP contribution in [0.4, 0.5) is 0 Å². The zero-order valence-corrected chi connectivity index (χ0v) is 7.78. The van der Waals surface area contributed by atoms with Crippen molar-refractivity contribution in [1.29, 1.82) is 0 Å². The van der Waals surface area contributed by atoms with E-state index in [1.165, 1.54) is 0 Å². The average Bonchev–Trinajstić information content (AvgIpc) is 1.97. The molecule has 0 aromatic heterocycles. The summed E-state index contributed by atoms with van der Waals surface area (Å²) in [6, 6.07) is 0. The van der Waals surface area contributed by atoms with Crippen LogP contribution >= 0.6 is 0 Å². The molecule has 0 aromatic rings. The summed E-state index contributed by atoms with van der Waals surface area (Å²) >= 11 is 0. The highest BCUT2D eigenvalue weighted by Gasteiger charge is 2.26. The van der Waals surface area contributed by atoms with E-state index in [0.717, 1.165) is 0 Å².